The summed E-state index contributed by atoms with van der Waals surface area (Å²) in [4.78, 5) is 0. The molecule has 3 nitrogen and oxygen atoms in total. The third-order valence-electron chi connectivity index (χ3n) is 2.46. The molecular weight excluding hydrogens is 205 g/mol. The SMILES string of the molecule is Cn1ccc(-c2ccc(N)cc2F)c1C#N. The molecule has 0 saturated heterocycles. The molecule has 2 rings (SSSR count). The van der Waals surface area contributed by atoms with Crippen LogP contribution in [-0.4, -0.2) is 4.57 Å². The Morgan fingerprint density at radius 3 is 2.69 bits per heavy atom. The van der Waals surface area contributed by atoms with Crippen LogP contribution in [0.4, 0.5) is 10.1 Å². The second-order valence-electron chi connectivity index (χ2n) is 3.54. The molecule has 0 aliphatic rings. The molecule has 0 atom stereocenters. The first-order valence-corrected chi connectivity index (χ1v) is 4.74. The standard InChI is InChI=1S/C12H10FN3/c1-16-5-4-10(12(16)7-14)9-3-2-8(15)6-11(9)13/h2-6H,15H2,1H3. The van der Waals surface area contributed by atoms with Crippen molar-refractivity contribution in [1.29, 1.82) is 5.26 Å². The van der Waals surface area contributed by atoms with Gasteiger partial charge in [-0.3, -0.25) is 0 Å². The van der Waals surface area contributed by atoms with Gasteiger partial charge >= 0.3 is 0 Å². The van der Waals surface area contributed by atoms with Gasteiger partial charge in [0.05, 0.1) is 0 Å². The maximum atomic E-state index is 13.7. The Morgan fingerprint density at radius 2 is 2.06 bits per heavy atom. The number of aryl methyl sites for hydroxylation is 1. The second-order valence-corrected chi connectivity index (χ2v) is 3.54. The number of rotatable bonds is 1. The van der Waals surface area contributed by atoms with Crippen molar-refractivity contribution in [3.8, 4) is 17.2 Å². The molecule has 0 spiro atoms. The van der Waals surface area contributed by atoms with E-state index in [0.717, 1.165) is 0 Å². The van der Waals surface area contributed by atoms with Crippen molar-refractivity contribution in [2.45, 2.75) is 0 Å². The van der Waals surface area contributed by atoms with Gasteiger partial charge in [-0.1, -0.05) is 0 Å². The quantitative estimate of drug-likeness (QED) is 0.742. The van der Waals surface area contributed by atoms with Crippen molar-refractivity contribution in [3.63, 3.8) is 0 Å². The lowest BCUT2D eigenvalue weighted by atomic mass is 10.1. The Labute approximate surface area is 92.5 Å². The highest BCUT2D eigenvalue weighted by Crippen LogP contribution is 2.27. The molecule has 1 aromatic carbocycles. The van der Waals surface area contributed by atoms with Gasteiger partial charge in [0.25, 0.3) is 0 Å². The smallest absolute Gasteiger partial charge is 0.133 e. The summed E-state index contributed by atoms with van der Waals surface area (Å²) in [5.74, 6) is -0.414. The van der Waals surface area contributed by atoms with Gasteiger partial charge in [0.1, 0.15) is 17.6 Å². The highest BCUT2D eigenvalue weighted by atomic mass is 19.1. The number of hydrogen-bond donors (Lipinski definition) is 1. The summed E-state index contributed by atoms with van der Waals surface area (Å²) in [7, 11) is 1.75. The van der Waals surface area contributed by atoms with Crippen molar-refractivity contribution in [2.75, 3.05) is 5.73 Å². The summed E-state index contributed by atoms with van der Waals surface area (Å²) < 4.78 is 15.3. The molecule has 0 unspecified atom stereocenters. The Morgan fingerprint density at radius 1 is 1.31 bits per heavy atom. The molecule has 1 aromatic heterocycles. The number of benzene rings is 1. The van der Waals surface area contributed by atoms with E-state index in [1.165, 1.54) is 6.07 Å². The van der Waals surface area contributed by atoms with Crippen LogP contribution in [0.1, 0.15) is 5.69 Å². The van der Waals surface area contributed by atoms with Crippen LogP contribution in [-0.2, 0) is 7.05 Å². The fourth-order valence-electron chi connectivity index (χ4n) is 1.64. The fraction of sp³-hybridized carbons (Fsp3) is 0.0833. The van der Waals surface area contributed by atoms with E-state index in [1.54, 1.807) is 36.0 Å². The minimum absolute atomic E-state index is 0.371. The molecule has 80 valence electrons. The Balaban J connectivity index is 2.64. The van der Waals surface area contributed by atoms with E-state index < -0.39 is 5.82 Å². The molecule has 0 aliphatic carbocycles. The molecule has 0 amide bonds. The first-order chi connectivity index (χ1) is 7.63. The van der Waals surface area contributed by atoms with Crippen LogP contribution < -0.4 is 5.73 Å². The van der Waals surface area contributed by atoms with Gasteiger partial charge in [-0.25, -0.2) is 4.39 Å². The monoisotopic (exact) mass is 215 g/mol. The molecule has 2 N–H and O–H groups in total. The zero-order chi connectivity index (χ0) is 11.7. The largest absolute Gasteiger partial charge is 0.399 e. The lowest BCUT2D eigenvalue weighted by molar-refractivity contribution is 0.632. The Hall–Kier alpha value is -2.28. The molecule has 0 radical (unpaired) electrons. The van der Waals surface area contributed by atoms with Gasteiger partial charge in [0, 0.05) is 30.1 Å². The first kappa shape index (κ1) is 10.2. The van der Waals surface area contributed by atoms with Gasteiger partial charge in [-0.05, 0) is 24.3 Å². The number of aromatic nitrogens is 1. The van der Waals surface area contributed by atoms with Crippen LogP contribution in [0.15, 0.2) is 30.5 Å². The summed E-state index contributed by atoms with van der Waals surface area (Å²) in [5, 5.41) is 8.98. The highest BCUT2D eigenvalue weighted by Gasteiger charge is 2.12. The van der Waals surface area contributed by atoms with Crippen molar-refractivity contribution < 1.29 is 4.39 Å². The summed E-state index contributed by atoms with van der Waals surface area (Å²) in [6.45, 7) is 0. The van der Waals surface area contributed by atoms with Crippen LogP contribution in [0.5, 0.6) is 0 Å². The Bertz CT molecular complexity index is 578. The normalized spacial score (nSPS) is 10.1. The summed E-state index contributed by atoms with van der Waals surface area (Å²) in [6, 6.07) is 8.22. The maximum Gasteiger partial charge on any atom is 0.133 e. The molecule has 0 bridgehead atoms. The van der Waals surface area contributed by atoms with E-state index in [4.69, 9.17) is 11.0 Å². The lowest BCUT2D eigenvalue weighted by Crippen LogP contribution is -1.93. The van der Waals surface area contributed by atoms with E-state index in [-0.39, 0.29) is 0 Å². The average Bonchev–Trinajstić information content (AvgIpc) is 2.59. The van der Waals surface area contributed by atoms with Crippen LogP contribution in [0.25, 0.3) is 11.1 Å². The minimum atomic E-state index is -0.414. The van der Waals surface area contributed by atoms with Crippen LogP contribution in [0.2, 0.25) is 0 Å². The van der Waals surface area contributed by atoms with Crippen LogP contribution in [0.3, 0.4) is 0 Å². The zero-order valence-corrected chi connectivity index (χ0v) is 8.74. The number of anilines is 1. The van der Waals surface area contributed by atoms with Crippen LogP contribution in [0, 0.1) is 17.1 Å². The summed E-state index contributed by atoms with van der Waals surface area (Å²) in [6.07, 6.45) is 1.73. The van der Waals surface area contributed by atoms with Gasteiger partial charge < -0.3 is 10.3 Å². The van der Waals surface area contributed by atoms with Gasteiger partial charge in [-0.15, -0.1) is 0 Å². The van der Waals surface area contributed by atoms with Gasteiger partial charge in [0.15, 0.2) is 0 Å². The summed E-state index contributed by atoms with van der Waals surface area (Å²) >= 11 is 0. The molecule has 0 fully saturated rings. The third-order valence-corrected chi connectivity index (χ3v) is 2.46. The molecular formula is C12H10FN3. The molecule has 0 saturated carbocycles. The molecule has 1 heterocycles. The van der Waals surface area contributed by atoms with Gasteiger partial charge in [0.2, 0.25) is 0 Å². The second kappa shape index (κ2) is 3.70. The van der Waals surface area contributed by atoms with Gasteiger partial charge in [-0.2, -0.15) is 5.26 Å². The van der Waals surface area contributed by atoms with E-state index >= 15 is 0 Å². The third kappa shape index (κ3) is 1.52. The number of nitrogens with zero attached hydrogens (tertiary/aromatic N) is 2. The number of nitrogens with two attached hydrogens (primary N) is 1. The first-order valence-electron chi connectivity index (χ1n) is 4.74. The zero-order valence-electron chi connectivity index (χ0n) is 8.74. The predicted octanol–water partition coefficient (Wildman–Crippen LogP) is 2.29. The Kier molecular flexibility index (Phi) is 2.37. The minimum Gasteiger partial charge on any atom is -0.399 e. The van der Waals surface area contributed by atoms with E-state index in [0.29, 0.717) is 22.5 Å². The number of nitrogen functional groups attached to an aromatic ring is 1. The number of halogens is 1. The van der Waals surface area contributed by atoms with E-state index in [1.807, 2.05) is 6.07 Å². The number of nitriles is 1. The van der Waals surface area contributed by atoms with Crippen LogP contribution >= 0.6 is 0 Å². The molecule has 2 aromatic rings. The molecule has 4 heteroatoms. The number of hydrogen-bond acceptors (Lipinski definition) is 2. The van der Waals surface area contributed by atoms with Crippen molar-refractivity contribution in [1.82, 2.24) is 4.57 Å². The van der Waals surface area contributed by atoms with E-state index in [2.05, 4.69) is 0 Å². The lowest BCUT2D eigenvalue weighted by Gasteiger charge is -2.03. The predicted molar refractivity (Wildman–Crippen MR) is 59.9 cm³/mol. The maximum absolute atomic E-state index is 13.7. The van der Waals surface area contributed by atoms with Crippen molar-refractivity contribution in [3.05, 3.63) is 42.0 Å². The molecule has 16 heavy (non-hydrogen) atoms. The van der Waals surface area contributed by atoms with Crippen molar-refractivity contribution in [2.24, 2.45) is 7.05 Å². The molecule has 0 aliphatic heterocycles. The average molecular weight is 215 g/mol. The fourth-order valence-corrected chi connectivity index (χ4v) is 1.64. The highest BCUT2D eigenvalue weighted by molar-refractivity contribution is 5.71. The van der Waals surface area contributed by atoms with Crippen molar-refractivity contribution >= 4 is 5.69 Å². The summed E-state index contributed by atoms with van der Waals surface area (Å²) in [5.41, 5.74) is 7.26. The van der Waals surface area contributed by atoms with E-state index in [9.17, 15) is 4.39 Å². The topological polar surface area (TPSA) is 54.7 Å².